The number of nitrogens with zero attached hydrogens (tertiary/aromatic N) is 2. The third-order valence-corrected chi connectivity index (χ3v) is 11.2. The van der Waals surface area contributed by atoms with Crippen molar-refractivity contribution in [3.05, 3.63) is 151 Å². The van der Waals surface area contributed by atoms with E-state index in [2.05, 4.69) is 149 Å². The van der Waals surface area contributed by atoms with Crippen molar-refractivity contribution in [2.24, 2.45) is 0 Å². The first-order chi connectivity index (χ1) is 22.3. The summed E-state index contributed by atoms with van der Waals surface area (Å²) in [6.45, 7) is 0.169. The van der Waals surface area contributed by atoms with E-state index < -0.39 is 0 Å². The molecule has 45 heavy (non-hydrogen) atoms. The van der Waals surface area contributed by atoms with Crippen LogP contribution in [0.3, 0.4) is 0 Å². The first kappa shape index (κ1) is 25.3. The number of aryl methyl sites for hydroxylation is 1. The van der Waals surface area contributed by atoms with Crippen molar-refractivity contribution in [2.75, 3.05) is 9.80 Å². The summed E-state index contributed by atoms with van der Waals surface area (Å²) in [7, 11) is 0. The molecule has 0 spiro atoms. The van der Waals surface area contributed by atoms with Crippen molar-refractivity contribution in [1.82, 2.24) is 0 Å². The Morgan fingerprint density at radius 2 is 1.27 bits per heavy atom. The van der Waals surface area contributed by atoms with Crippen LogP contribution in [0.5, 0.6) is 0 Å². The van der Waals surface area contributed by atoms with Gasteiger partial charge >= 0.3 is 0 Å². The van der Waals surface area contributed by atoms with Crippen molar-refractivity contribution in [3.8, 4) is 11.1 Å². The van der Waals surface area contributed by atoms with E-state index in [4.69, 9.17) is 0 Å². The standard InChI is InChI=1S/C41H29BN2S/c1-2-13-29(14-3-1)44-37-21-10-20-36-39(37)42(41-40(44)33-15-4-7-22-38(33)45-41)34-18-5-6-19-35(34)43(36)30-25-23-28(24-26-30)32-17-9-12-27-11-8-16-31(27)32/h1-7,9-10,12-15,17-26H,8,11,16H2. The molecule has 212 valence electrons. The summed E-state index contributed by atoms with van der Waals surface area (Å²) in [4.78, 5) is 5.00. The molecular formula is C41H29BN2S. The fraction of sp³-hybridized carbons (Fsp3) is 0.0732. The highest BCUT2D eigenvalue weighted by molar-refractivity contribution is 7.33. The minimum Gasteiger partial charge on any atom is -0.311 e. The second kappa shape index (κ2) is 9.72. The smallest absolute Gasteiger partial charge is 0.264 e. The lowest BCUT2D eigenvalue weighted by molar-refractivity contribution is 0.912. The molecule has 2 aliphatic heterocycles. The molecule has 1 aliphatic carbocycles. The SMILES string of the molecule is c1ccc(N2c3cccc4c3B(c3ccccc3N4c3ccc(-c4cccc5c4CCC5)cc3)c3sc4ccccc4c32)cc1. The van der Waals surface area contributed by atoms with Crippen molar-refractivity contribution in [2.45, 2.75) is 19.3 Å². The highest BCUT2D eigenvalue weighted by Gasteiger charge is 2.44. The van der Waals surface area contributed by atoms with Crippen molar-refractivity contribution in [3.63, 3.8) is 0 Å². The number of fused-ring (bicyclic) bond motifs is 7. The number of thiophene rings is 1. The molecule has 0 saturated heterocycles. The molecule has 0 fully saturated rings. The summed E-state index contributed by atoms with van der Waals surface area (Å²) in [5.74, 6) is 0. The van der Waals surface area contributed by atoms with Crippen LogP contribution in [0.15, 0.2) is 140 Å². The van der Waals surface area contributed by atoms with Gasteiger partial charge in [0, 0.05) is 43.3 Å². The molecule has 3 heterocycles. The molecule has 0 bridgehead atoms. The van der Waals surface area contributed by atoms with Gasteiger partial charge in [-0.25, -0.2) is 0 Å². The van der Waals surface area contributed by atoms with Gasteiger partial charge in [0.15, 0.2) is 0 Å². The predicted octanol–water partition coefficient (Wildman–Crippen LogP) is 9.14. The number of hydrogen-bond acceptors (Lipinski definition) is 3. The Labute approximate surface area is 267 Å². The Kier molecular flexibility index (Phi) is 5.46. The summed E-state index contributed by atoms with van der Waals surface area (Å²) in [6.07, 6.45) is 3.65. The van der Waals surface area contributed by atoms with Crippen LogP contribution >= 0.6 is 11.3 Å². The fourth-order valence-corrected chi connectivity index (χ4v) is 9.44. The monoisotopic (exact) mass is 592 g/mol. The molecular weight excluding hydrogens is 563 g/mol. The van der Waals surface area contributed by atoms with Crippen LogP contribution in [0.4, 0.5) is 34.1 Å². The second-order valence-corrected chi connectivity index (χ2v) is 13.4. The maximum atomic E-state index is 2.51. The molecule has 3 aliphatic rings. The predicted molar refractivity (Wildman–Crippen MR) is 193 cm³/mol. The van der Waals surface area contributed by atoms with E-state index >= 15 is 0 Å². The van der Waals surface area contributed by atoms with Gasteiger partial charge in [0.25, 0.3) is 6.71 Å². The first-order valence-corrected chi connectivity index (χ1v) is 16.8. The molecule has 2 nitrogen and oxygen atoms in total. The normalized spacial score (nSPS) is 14.3. The van der Waals surface area contributed by atoms with E-state index in [9.17, 15) is 0 Å². The topological polar surface area (TPSA) is 6.48 Å². The van der Waals surface area contributed by atoms with Crippen LogP contribution in [0.25, 0.3) is 21.2 Å². The van der Waals surface area contributed by atoms with E-state index in [-0.39, 0.29) is 6.71 Å². The van der Waals surface area contributed by atoms with Gasteiger partial charge in [0.2, 0.25) is 0 Å². The zero-order valence-corrected chi connectivity index (χ0v) is 25.6. The largest absolute Gasteiger partial charge is 0.311 e. The fourth-order valence-electron chi connectivity index (χ4n) is 8.12. The number of anilines is 6. The lowest BCUT2D eigenvalue weighted by atomic mass is 9.36. The minimum atomic E-state index is 0.169. The number of rotatable bonds is 3. The van der Waals surface area contributed by atoms with E-state index in [1.54, 1.807) is 0 Å². The minimum absolute atomic E-state index is 0.169. The lowest BCUT2D eigenvalue weighted by Crippen LogP contribution is -2.60. The van der Waals surface area contributed by atoms with Crippen LogP contribution in [-0.4, -0.2) is 6.71 Å². The third kappa shape index (κ3) is 3.63. The summed E-state index contributed by atoms with van der Waals surface area (Å²) in [5, 5.41) is 1.32. The molecule has 4 heteroatoms. The van der Waals surface area contributed by atoms with Gasteiger partial charge in [0.1, 0.15) is 0 Å². The average Bonchev–Trinajstić information content (AvgIpc) is 3.74. The highest BCUT2D eigenvalue weighted by atomic mass is 32.1. The highest BCUT2D eigenvalue weighted by Crippen LogP contribution is 2.47. The van der Waals surface area contributed by atoms with E-state index in [0.717, 1.165) is 0 Å². The summed E-state index contributed by atoms with van der Waals surface area (Å²) in [6, 6.07) is 51.9. The van der Waals surface area contributed by atoms with Crippen molar-refractivity contribution >= 4 is 78.0 Å². The van der Waals surface area contributed by atoms with Gasteiger partial charge in [0.05, 0.1) is 5.69 Å². The molecule has 0 atom stereocenters. The molecule has 1 aromatic heterocycles. The molecule has 7 aromatic rings. The molecule has 0 radical (unpaired) electrons. The van der Waals surface area contributed by atoms with Crippen molar-refractivity contribution in [1.29, 1.82) is 0 Å². The molecule has 0 unspecified atom stereocenters. The Bertz CT molecular complexity index is 2270. The number of benzene rings is 6. The Morgan fingerprint density at radius 1 is 0.556 bits per heavy atom. The van der Waals surface area contributed by atoms with Crippen LogP contribution < -0.4 is 25.5 Å². The Hall–Kier alpha value is -5.06. The number of hydrogen-bond donors (Lipinski definition) is 0. The molecule has 0 N–H and O–H groups in total. The lowest BCUT2D eigenvalue weighted by Gasteiger charge is -2.43. The Balaban J connectivity index is 1.20. The third-order valence-electron chi connectivity index (χ3n) is 10.00. The van der Waals surface area contributed by atoms with E-state index in [1.807, 2.05) is 11.3 Å². The molecule has 0 saturated carbocycles. The van der Waals surface area contributed by atoms with E-state index in [1.165, 1.54) is 101 Å². The molecule has 6 aromatic carbocycles. The van der Waals surface area contributed by atoms with Gasteiger partial charge in [-0.1, -0.05) is 91.0 Å². The Morgan fingerprint density at radius 3 is 2.16 bits per heavy atom. The summed E-state index contributed by atoms with van der Waals surface area (Å²) < 4.78 is 2.75. The maximum Gasteiger partial charge on any atom is 0.264 e. The number of para-hydroxylation sites is 2. The quantitative estimate of drug-likeness (QED) is 0.189. The van der Waals surface area contributed by atoms with Crippen LogP contribution in [-0.2, 0) is 12.8 Å². The summed E-state index contributed by atoms with van der Waals surface area (Å²) in [5.41, 5.74) is 16.0. The zero-order chi connectivity index (χ0) is 29.5. The van der Waals surface area contributed by atoms with Gasteiger partial charge in [-0.3, -0.25) is 0 Å². The van der Waals surface area contributed by atoms with Gasteiger partial charge in [-0.2, -0.15) is 0 Å². The first-order valence-electron chi connectivity index (χ1n) is 15.9. The van der Waals surface area contributed by atoms with E-state index in [0.29, 0.717) is 0 Å². The second-order valence-electron chi connectivity index (χ2n) is 12.4. The van der Waals surface area contributed by atoms with Crippen LogP contribution in [0.2, 0.25) is 0 Å². The summed E-state index contributed by atoms with van der Waals surface area (Å²) >= 11 is 1.95. The zero-order valence-electron chi connectivity index (χ0n) is 24.8. The van der Waals surface area contributed by atoms with Crippen LogP contribution in [0.1, 0.15) is 17.5 Å². The maximum absolute atomic E-state index is 2.51. The van der Waals surface area contributed by atoms with Crippen molar-refractivity contribution < 1.29 is 0 Å². The van der Waals surface area contributed by atoms with Gasteiger partial charge in [-0.15, -0.1) is 11.3 Å². The molecule has 0 amide bonds. The van der Waals surface area contributed by atoms with Gasteiger partial charge in [-0.05, 0) is 101 Å². The average molecular weight is 593 g/mol. The van der Waals surface area contributed by atoms with Crippen LogP contribution in [0, 0.1) is 0 Å². The van der Waals surface area contributed by atoms with Gasteiger partial charge < -0.3 is 9.80 Å². The molecule has 10 rings (SSSR count).